The summed E-state index contributed by atoms with van der Waals surface area (Å²) in [5.41, 5.74) is 18.9. The van der Waals surface area contributed by atoms with Crippen molar-refractivity contribution in [3.63, 3.8) is 0 Å². The standard InChI is InChI=1S/C45H32N4/c46-41-27-30(22-24-43(41)49-48-42-25-23-33(31-13-10-26-47-28-31)34-15-3-4-16-35(34)42)44-37-17-5-7-19-39(37)45(40-20-8-6-18-38(40)44)36-21-9-12-29-11-1-2-14-32(29)36/h1-28,41,48H,46H2/b49-43-. The Bertz CT molecular complexity index is 2590. The van der Waals surface area contributed by atoms with E-state index < -0.39 is 0 Å². The highest BCUT2D eigenvalue weighted by Gasteiger charge is 2.21. The molecule has 4 nitrogen and oxygen atoms in total. The molecule has 1 heterocycles. The summed E-state index contributed by atoms with van der Waals surface area (Å²) in [5.74, 6) is 0. The van der Waals surface area contributed by atoms with Gasteiger partial charge in [0.2, 0.25) is 0 Å². The smallest absolute Gasteiger partial charge is 0.0814 e. The van der Waals surface area contributed by atoms with Gasteiger partial charge < -0.3 is 5.73 Å². The lowest BCUT2D eigenvalue weighted by Crippen LogP contribution is -2.29. The maximum atomic E-state index is 6.85. The number of hydrogen-bond donors (Lipinski definition) is 2. The van der Waals surface area contributed by atoms with Gasteiger partial charge in [-0.25, -0.2) is 0 Å². The molecular weight excluding hydrogens is 597 g/mol. The first kappa shape index (κ1) is 28.8. The molecule has 0 amide bonds. The molecule has 0 saturated carbocycles. The minimum Gasteiger partial charge on any atom is -0.319 e. The summed E-state index contributed by atoms with van der Waals surface area (Å²) in [6.07, 6.45) is 10.0. The molecule has 8 aromatic rings. The summed E-state index contributed by atoms with van der Waals surface area (Å²) in [4.78, 5) is 4.32. The second-order valence-electron chi connectivity index (χ2n) is 12.4. The summed E-state index contributed by atoms with van der Waals surface area (Å²) in [6.45, 7) is 0. The van der Waals surface area contributed by atoms with Gasteiger partial charge >= 0.3 is 0 Å². The number of hydrogen-bond acceptors (Lipinski definition) is 4. The van der Waals surface area contributed by atoms with E-state index in [2.05, 4.69) is 156 Å². The fraction of sp³-hybridized carbons (Fsp3) is 0.0222. The Hall–Kier alpha value is -6.36. The van der Waals surface area contributed by atoms with Crippen LogP contribution in [0.4, 0.5) is 5.69 Å². The number of hydrazone groups is 1. The Morgan fingerprint density at radius 3 is 1.86 bits per heavy atom. The van der Waals surface area contributed by atoms with Crippen molar-refractivity contribution in [2.45, 2.75) is 6.04 Å². The molecule has 1 atom stereocenters. The molecule has 49 heavy (non-hydrogen) atoms. The van der Waals surface area contributed by atoms with Gasteiger partial charge in [-0.1, -0.05) is 140 Å². The highest BCUT2D eigenvalue weighted by molar-refractivity contribution is 6.22. The van der Waals surface area contributed by atoms with Gasteiger partial charge in [0.25, 0.3) is 0 Å². The molecule has 1 aromatic heterocycles. The van der Waals surface area contributed by atoms with Crippen LogP contribution in [-0.2, 0) is 0 Å². The minimum atomic E-state index is -0.385. The van der Waals surface area contributed by atoms with Crippen LogP contribution in [0.2, 0.25) is 0 Å². The van der Waals surface area contributed by atoms with Crippen molar-refractivity contribution in [3.8, 4) is 22.3 Å². The number of nitrogens with zero attached hydrogens (tertiary/aromatic N) is 2. The normalized spacial score (nSPS) is 15.3. The van der Waals surface area contributed by atoms with Gasteiger partial charge in [0, 0.05) is 23.3 Å². The van der Waals surface area contributed by atoms with Crippen molar-refractivity contribution in [3.05, 3.63) is 176 Å². The number of nitrogens with one attached hydrogen (secondary N) is 1. The average molecular weight is 629 g/mol. The fourth-order valence-corrected chi connectivity index (χ4v) is 7.37. The first-order valence-corrected chi connectivity index (χ1v) is 16.6. The van der Waals surface area contributed by atoms with Crippen molar-refractivity contribution in [2.75, 3.05) is 5.43 Å². The Kier molecular flexibility index (Phi) is 7.07. The van der Waals surface area contributed by atoms with Gasteiger partial charge in [0.15, 0.2) is 0 Å². The molecule has 0 spiro atoms. The second-order valence-corrected chi connectivity index (χ2v) is 12.4. The molecule has 1 unspecified atom stereocenters. The van der Waals surface area contributed by atoms with Crippen molar-refractivity contribution in [1.82, 2.24) is 4.98 Å². The predicted octanol–water partition coefficient (Wildman–Crippen LogP) is 10.8. The largest absolute Gasteiger partial charge is 0.319 e. The number of benzene rings is 7. The van der Waals surface area contributed by atoms with Crippen LogP contribution >= 0.6 is 0 Å². The zero-order valence-corrected chi connectivity index (χ0v) is 26.7. The lowest BCUT2D eigenvalue weighted by atomic mass is 9.83. The number of nitrogens with two attached hydrogens (primary N) is 1. The molecule has 0 aliphatic heterocycles. The minimum absolute atomic E-state index is 0.385. The van der Waals surface area contributed by atoms with Crippen LogP contribution < -0.4 is 11.2 Å². The third kappa shape index (κ3) is 4.98. The molecule has 0 saturated heterocycles. The fourth-order valence-electron chi connectivity index (χ4n) is 7.37. The van der Waals surface area contributed by atoms with Gasteiger partial charge in [-0.05, 0) is 83.7 Å². The number of anilines is 1. The van der Waals surface area contributed by atoms with E-state index in [1.165, 1.54) is 49.0 Å². The monoisotopic (exact) mass is 628 g/mol. The summed E-state index contributed by atoms with van der Waals surface area (Å²) < 4.78 is 0. The summed E-state index contributed by atoms with van der Waals surface area (Å²) >= 11 is 0. The molecule has 232 valence electrons. The molecule has 0 fully saturated rings. The van der Waals surface area contributed by atoms with Crippen molar-refractivity contribution in [2.24, 2.45) is 10.8 Å². The summed E-state index contributed by atoms with van der Waals surface area (Å²) in [7, 11) is 0. The summed E-state index contributed by atoms with van der Waals surface area (Å²) in [5, 5.41) is 14.4. The van der Waals surface area contributed by atoms with E-state index in [9.17, 15) is 0 Å². The molecule has 0 bridgehead atoms. The molecule has 0 radical (unpaired) electrons. The number of fused-ring (bicyclic) bond motifs is 4. The van der Waals surface area contributed by atoms with Crippen molar-refractivity contribution >= 4 is 60.1 Å². The molecule has 1 aliphatic rings. The molecular formula is C45H32N4. The Labute approximate surface area is 284 Å². The number of allylic oxidation sites excluding steroid dienone is 2. The number of aromatic nitrogens is 1. The molecule has 1 aliphatic carbocycles. The van der Waals surface area contributed by atoms with Crippen LogP contribution in [0.3, 0.4) is 0 Å². The maximum absolute atomic E-state index is 6.85. The van der Waals surface area contributed by atoms with E-state index in [-0.39, 0.29) is 6.04 Å². The lowest BCUT2D eigenvalue weighted by Gasteiger charge is -2.21. The van der Waals surface area contributed by atoms with E-state index in [1.807, 2.05) is 18.3 Å². The van der Waals surface area contributed by atoms with Gasteiger partial charge in [-0.3, -0.25) is 10.4 Å². The van der Waals surface area contributed by atoms with Crippen LogP contribution in [0, 0.1) is 0 Å². The van der Waals surface area contributed by atoms with Crippen molar-refractivity contribution in [1.29, 1.82) is 0 Å². The average Bonchev–Trinajstić information content (AvgIpc) is 3.16. The van der Waals surface area contributed by atoms with Crippen LogP contribution in [0.25, 0.3) is 70.9 Å². The van der Waals surface area contributed by atoms with Gasteiger partial charge in [0.1, 0.15) is 0 Å². The highest BCUT2D eigenvalue weighted by Crippen LogP contribution is 2.44. The topological polar surface area (TPSA) is 63.3 Å². The van der Waals surface area contributed by atoms with Crippen LogP contribution in [0.5, 0.6) is 0 Å². The van der Waals surface area contributed by atoms with Crippen LogP contribution in [0.15, 0.2) is 175 Å². The number of rotatable bonds is 5. The first-order valence-electron chi connectivity index (χ1n) is 16.6. The van der Waals surface area contributed by atoms with Crippen molar-refractivity contribution < 1.29 is 0 Å². The SMILES string of the molecule is NC1C=C(c2c3ccccc3c(-c3cccc4ccccc34)c3ccccc23)C=C/C1=N/Nc1ccc(-c2cccnc2)c2ccccc12. The zero-order chi connectivity index (χ0) is 32.7. The molecule has 4 heteroatoms. The molecule has 3 N–H and O–H groups in total. The molecule has 9 rings (SSSR count). The Balaban J connectivity index is 1.12. The molecule has 7 aromatic carbocycles. The zero-order valence-electron chi connectivity index (χ0n) is 26.7. The van der Waals surface area contributed by atoms with Crippen LogP contribution in [0.1, 0.15) is 5.56 Å². The van der Waals surface area contributed by atoms with Gasteiger partial charge in [-0.2, -0.15) is 5.10 Å². The van der Waals surface area contributed by atoms with E-state index in [0.717, 1.165) is 38.9 Å². The van der Waals surface area contributed by atoms with E-state index in [4.69, 9.17) is 10.8 Å². The van der Waals surface area contributed by atoms with E-state index in [0.29, 0.717) is 0 Å². The Morgan fingerprint density at radius 2 is 1.16 bits per heavy atom. The predicted molar refractivity (Wildman–Crippen MR) is 208 cm³/mol. The quantitative estimate of drug-likeness (QED) is 0.147. The Morgan fingerprint density at radius 1 is 0.531 bits per heavy atom. The third-order valence-electron chi connectivity index (χ3n) is 9.62. The van der Waals surface area contributed by atoms with Crippen LogP contribution in [-0.4, -0.2) is 16.7 Å². The van der Waals surface area contributed by atoms with Gasteiger partial charge in [-0.15, -0.1) is 0 Å². The van der Waals surface area contributed by atoms with E-state index >= 15 is 0 Å². The second kappa shape index (κ2) is 12.0. The maximum Gasteiger partial charge on any atom is 0.0814 e. The number of pyridine rings is 1. The lowest BCUT2D eigenvalue weighted by molar-refractivity contribution is 1.07. The highest BCUT2D eigenvalue weighted by atomic mass is 15.3. The third-order valence-corrected chi connectivity index (χ3v) is 9.62. The first-order chi connectivity index (χ1) is 24.2. The summed E-state index contributed by atoms with van der Waals surface area (Å²) in [6, 6.07) is 48.9. The van der Waals surface area contributed by atoms with E-state index in [1.54, 1.807) is 6.20 Å². The van der Waals surface area contributed by atoms with Gasteiger partial charge in [0.05, 0.1) is 17.4 Å².